The normalized spacial score (nSPS) is 16.3. The number of nitrogens with zero attached hydrogens (tertiary/aromatic N) is 3. The fourth-order valence-corrected chi connectivity index (χ4v) is 4.52. The molecule has 3 N–H and O–H groups in total. The summed E-state index contributed by atoms with van der Waals surface area (Å²) in [5.74, 6) is -0.446. The van der Waals surface area contributed by atoms with E-state index in [1.165, 1.54) is 12.1 Å². The molecule has 0 bridgehead atoms. The molecule has 0 spiro atoms. The summed E-state index contributed by atoms with van der Waals surface area (Å²) in [5.41, 5.74) is 2.60. The van der Waals surface area contributed by atoms with Gasteiger partial charge in [-0.15, -0.1) is 0 Å². The van der Waals surface area contributed by atoms with Crippen molar-refractivity contribution in [3.05, 3.63) is 40.8 Å². The molecule has 2 amide bonds. The molecule has 0 radical (unpaired) electrons. The zero-order valence-electron chi connectivity index (χ0n) is 18.7. The highest BCUT2D eigenvalue weighted by Crippen LogP contribution is 2.33. The van der Waals surface area contributed by atoms with Crippen LogP contribution < -0.4 is 10.0 Å². The van der Waals surface area contributed by atoms with Crippen LogP contribution in [0.15, 0.2) is 23.2 Å². The van der Waals surface area contributed by atoms with Gasteiger partial charge in [0.1, 0.15) is 5.82 Å². The monoisotopic (exact) mass is 450 g/mol. The van der Waals surface area contributed by atoms with Crippen molar-refractivity contribution in [2.75, 3.05) is 18.4 Å². The van der Waals surface area contributed by atoms with Crippen LogP contribution in [-0.4, -0.2) is 38.0 Å². The molecule has 2 heterocycles. The lowest BCUT2D eigenvalue weighted by molar-refractivity contribution is 0.168. The standard InChI is InChI=1S/C21H31FN6O2S/c1-13(2)17-9-15(22)10-18(14(3)4)20(17)24-21(29)26-31(23,30)19-11-16(27(5)25-19)12-28-7-6-8-28/h9-11,13-14H,6-8,12H2,1-5H3,(H3,23,24,26,29,30). The van der Waals surface area contributed by atoms with Crippen molar-refractivity contribution in [2.24, 2.45) is 7.05 Å². The van der Waals surface area contributed by atoms with E-state index in [4.69, 9.17) is 4.78 Å². The molecule has 1 unspecified atom stereocenters. The maximum Gasteiger partial charge on any atom is 0.332 e. The number of likely N-dealkylation sites (tertiary alicyclic amines) is 1. The van der Waals surface area contributed by atoms with Gasteiger partial charge in [-0.1, -0.05) is 27.7 Å². The van der Waals surface area contributed by atoms with E-state index in [1.807, 2.05) is 27.7 Å². The van der Waals surface area contributed by atoms with Crippen LogP contribution >= 0.6 is 0 Å². The zero-order valence-corrected chi connectivity index (χ0v) is 19.5. The summed E-state index contributed by atoms with van der Waals surface area (Å²) in [6.07, 6.45) is 1.15. The molecule has 0 aliphatic carbocycles. The first-order chi connectivity index (χ1) is 14.5. The van der Waals surface area contributed by atoms with Crippen molar-refractivity contribution in [3.63, 3.8) is 0 Å². The number of benzene rings is 1. The van der Waals surface area contributed by atoms with Gasteiger partial charge in [0.2, 0.25) is 0 Å². The minimum absolute atomic E-state index is 0.00736. The first-order valence-corrected chi connectivity index (χ1v) is 12.0. The number of carbonyl (C=O) groups excluding carboxylic acids is 1. The molecule has 1 atom stereocenters. The molecule has 1 aromatic carbocycles. The minimum Gasteiger partial charge on any atom is -0.307 e. The summed E-state index contributed by atoms with van der Waals surface area (Å²) in [6.45, 7) is 10.3. The third-order valence-corrected chi connectivity index (χ3v) is 6.73. The number of nitrogens with one attached hydrogen (secondary N) is 3. The number of urea groups is 1. The highest BCUT2D eigenvalue weighted by atomic mass is 32.2. The molecule has 1 saturated heterocycles. The quantitative estimate of drug-likeness (QED) is 0.589. The third kappa shape index (κ3) is 5.24. The molecule has 1 aliphatic heterocycles. The van der Waals surface area contributed by atoms with Crippen molar-refractivity contribution in [1.82, 2.24) is 19.4 Å². The summed E-state index contributed by atoms with van der Waals surface area (Å²) >= 11 is 0. The predicted molar refractivity (Wildman–Crippen MR) is 119 cm³/mol. The number of aromatic nitrogens is 2. The summed E-state index contributed by atoms with van der Waals surface area (Å²) in [4.78, 5) is 14.9. The maximum atomic E-state index is 14.1. The van der Waals surface area contributed by atoms with Crippen LogP contribution in [0.25, 0.3) is 0 Å². The van der Waals surface area contributed by atoms with Gasteiger partial charge in [0, 0.05) is 19.3 Å². The number of rotatable bonds is 7. The van der Waals surface area contributed by atoms with Gasteiger partial charge in [0.25, 0.3) is 0 Å². The Balaban J connectivity index is 1.81. The van der Waals surface area contributed by atoms with Gasteiger partial charge in [-0.2, -0.15) is 5.10 Å². The Hall–Kier alpha value is -2.46. The Morgan fingerprint density at radius 1 is 1.19 bits per heavy atom. The smallest absolute Gasteiger partial charge is 0.307 e. The number of hydrogen-bond donors (Lipinski definition) is 3. The molecule has 0 saturated carbocycles. The molecule has 10 heteroatoms. The van der Waals surface area contributed by atoms with Crippen molar-refractivity contribution in [1.29, 1.82) is 4.78 Å². The van der Waals surface area contributed by atoms with Crippen LogP contribution in [0.1, 0.15) is 62.8 Å². The Morgan fingerprint density at radius 3 is 2.26 bits per heavy atom. The van der Waals surface area contributed by atoms with Gasteiger partial charge in [0.05, 0.1) is 5.69 Å². The molecule has 1 aromatic heterocycles. The van der Waals surface area contributed by atoms with Crippen LogP contribution in [0.4, 0.5) is 14.9 Å². The van der Waals surface area contributed by atoms with Crippen molar-refractivity contribution >= 4 is 21.6 Å². The third-order valence-electron chi connectivity index (χ3n) is 5.47. The van der Waals surface area contributed by atoms with Crippen LogP contribution in [0.5, 0.6) is 0 Å². The van der Waals surface area contributed by atoms with Gasteiger partial charge in [-0.05, 0) is 60.7 Å². The summed E-state index contributed by atoms with van der Waals surface area (Å²) in [7, 11) is -1.93. The molecule has 170 valence electrons. The van der Waals surface area contributed by atoms with Gasteiger partial charge in [-0.3, -0.25) is 9.58 Å². The lowest BCUT2D eigenvalue weighted by atomic mass is 9.92. The van der Waals surface area contributed by atoms with Crippen molar-refractivity contribution in [3.8, 4) is 0 Å². The minimum atomic E-state index is -3.67. The average molecular weight is 451 g/mol. The van der Waals surface area contributed by atoms with E-state index in [-0.39, 0.29) is 22.7 Å². The van der Waals surface area contributed by atoms with E-state index in [0.717, 1.165) is 25.2 Å². The topological polar surface area (TPSA) is 103 Å². The molecule has 1 aliphatic rings. The summed E-state index contributed by atoms with van der Waals surface area (Å²) < 4.78 is 39.1. The number of anilines is 1. The number of aryl methyl sites for hydroxylation is 1. The van der Waals surface area contributed by atoms with E-state index in [0.29, 0.717) is 23.4 Å². The summed E-state index contributed by atoms with van der Waals surface area (Å²) in [5, 5.41) is 6.91. The molecule has 2 aromatic rings. The van der Waals surface area contributed by atoms with E-state index < -0.39 is 15.9 Å². The number of halogens is 1. The van der Waals surface area contributed by atoms with E-state index in [1.54, 1.807) is 17.8 Å². The Bertz CT molecular complexity index is 1040. The number of amides is 2. The molecular formula is C21H31FN6O2S. The lowest BCUT2D eigenvalue weighted by Gasteiger charge is -2.30. The van der Waals surface area contributed by atoms with Gasteiger partial charge in [0.15, 0.2) is 14.9 Å². The van der Waals surface area contributed by atoms with Crippen molar-refractivity contribution in [2.45, 2.75) is 57.5 Å². The molecule has 1 fully saturated rings. The van der Waals surface area contributed by atoms with Gasteiger partial charge < -0.3 is 5.32 Å². The van der Waals surface area contributed by atoms with Crippen LogP contribution in [0.3, 0.4) is 0 Å². The van der Waals surface area contributed by atoms with Crippen LogP contribution in [0, 0.1) is 10.6 Å². The largest absolute Gasteiger partial charge is 0.332 e. The number of hydrogen-bond acceptors (Lipinski definition) is 5. The average Bonchev–Trinajstić information content (AvgIpc) is 3.00. The SMILES string of the molecule is CC(C)c1cc(F)cc(C(C)C)c1NC(=O)NS(=N)(=O)c1cc(CN2CCC2)n(C)n1. The molecule has 8 nitrogen and oxygen atoms in total. The van der Waals surface area contributed by atoms with Crippen LogP contribution in [-0.2, 0) is 23.5 Å². The highest BCUT2D eigenvalue weighted by Gasteiger charge is 2.23. The molecule has 31 heavy (non-hydrogen) atoms. The molecule has 3 rings (SSSR count). The fraction of sp³-hybridized carbons (Fsp3) is 0.524. The second kappa shape index (κ2) is 8.96. The van der Waals surface area contributed by atoms with E-state index >= 15 is 0 Å². The zero-order chi connectivity index (χ0) is 22.9. The Morgan fingerprint density at radius 2 is 1.77 bits per heavy atom. The predicted octanol–water partition coefficient (Wildman–Crippen LogP) is 4.15. The van der Waals surface area contributed by atoms with E-state index in [2.05, 4.69) is 20.0 Å². The van der Waals surface area contributed by atoms with Crippen LogP contribution in [0.2, 0.25) is 0 Å². The Labute approximate surface area is 183 Å². The molecular weight excluding hydrogens is 419 g/mol. The lowest BCUT2D eigenvalue weighted by Crippen LogP contribution is -2.36. The van der Waals surface area contributed by atoms with Gasteiger partial charge in [-0.25, -0.2) is 22.9 Å². The second-order valence-electron chi connectivity index (χ2n) is 8.61. The maximum absolute atomic E-state index is 14.1. The Kier molecular flexibility index (Phi) is 6.70. The summed E-state index contributed by atoms with van der Waals surface area (Å²) in [6, 6.07) is 3.60. The fourth-order valence-electron chi connectivity index (χ4n) is 3.56. The first kappa shape index (κ1) is 23.2. The van der Waals surface area contributed by atoms with E-state index in [9.17, 15) is 13.4 Å². The van der Waals surface area contributed by atoms with Gasteiger partial charge >= 0.3 is 6.03 Å². The first-order valence-electron chi connectivity index (χ1n) is 10.4. The highest BCUT2D eigenvalue weighted by molar-refractivity contribution is 7.91. The number of carbonyl (C=O) groups is 1. The van der Waals surface area contributed by atoms with Crippen molar-refractivity contribution < 1.29 is 13.4 Å². The second-order valence-corrected chi connectivity index (χ2v) is 10.3.